The zero-order valence-corrected chi connectivity index (χ0v) is 10.2. The van der Waals surface area contributed by atoms with Crippen molar-refractivity contribution < 1.29 is 4.74 Å². The minimum atomic E-state index is 0.669. The van der Waals surface area contributed by atoms with E-state index in [9.17, 15) is 0 Å². The Morgan fingerprint density at radius 2 is 2.11 bits per heavy atom. The van der Waals surface area contributed by atoms with Crippen LogP contribution in [-0.2, 0) is 11.2 Å². The van der Waals surface area contributed by atoms with Crippen molar-refractivity contribution in [2.24, 2.45) is 0 Å². The molecule has 1 aliphatic heterocycles. The van der Waals surface area contributed by atoms with Gasteiger partial charge < -0.3 is 10.5 Å². The predicted molar refractivity (Wildman–Crippen MR) is 68.4 cm³/mol. The third kappa shape index (κ3) is 2.16. The smallest absolute Gasteiger partial charge is 0.183 e. The number of fused-ring (bicyclic) bond motifs is 1. The molecule has 6 nitrogen and oxygen atoms in total. The first-order chi connectivity index (χ1) is 8.84. The van der Waals surface area contributed by atoms with Crippen LogP contribution in [-0.4, -0.2) is 52.3 Å². The van der Waals surface area contributed by atoms with Crippen molar-refractivity contribution in [3.63, 3.8) is 0 Å². The van der Waals surface area contributed by atoms with Gasteiger partial charge in [0.15, 0.2) is 5.65 Å². The predicted octanol–water partition coefficient (Wildman–Crippen LogP) is 0.186. The van der Waals surface area contributed by atoms with Crippen LogP contribution in [0, 0.1) is 0 Å². The van der Waals surface area contributed by atoms with Crippen LogP contribution >= 0.6 is 0 Å². The lowest BCUT2D eigenvalue weighted by atomic mass is 10.3. The zero-order chi connectivity index (χ0) is 12.4. The molecule has 1 saturated heterocycles. The molecule has 0 atom stereocenters. The van der Waals surface area contributed by atoms with Crippen LogP contribution in [0.25, 0.3) is 5.65 Å². The molecule has 0 aliphatic carbocycles. The summed E-state index contributed by atoms with van der Waals surface area (Å²) >= 11 is 0. The monoisotopic (exact) mass is 247 g/mol. The zero-order valence-electron chi connectivity index (χ0n) is 10.2. The standard InChI is InChI=1S/C12H17N5O/c13-10-2-1-4-17-11(14-15-12(10)17)3-5-16-6-8-18-9-7-16/h1-2,4H,3,5-9,13H2. The van der Waals surface area contributed by atoms with E-state index < -0.39 is 0 Å². The van der Waals surface area contributed by atoms with E-state index in [1.807, 2.05) is 22.7 Å². The molecular formula is C12H17N5O. The minimum absolute atomic E-state index is 0.669. The Labute approximate surface area is 105 Å². The first-order valence-corrected chi connectivity index (χ1v) is 6.23. The molecule has 6 heteroatoms. The lowest BCUT2D eigenvalue weighted by molar-refractivity contribution is 0.0382. The summed E-state index contributed by atoms with van der Waals surface area (Å²) in [5.41, 5.74) is 7.27. The van der Waals surface area contributed by atoms with Gasteiger partial charge in [-0.1, -0.05) is 0 Å². The van der Waals surface area contributed by atoms with E-state index in [2.05, 4.69) is 15.1 Å². The van der Waals surface area contributed by atoms with E-state index in [0.717, 1.165) is 50.7 Å². The second-order valence-electron chi connectivity index (χ2n) is 4.48. The van der Waals surface area contributed by atoms with E-state index in [4.69, 9.17) is 10.5 Å². The molecule has 0 aromatic carbocycles. The van der Waals surface area contributed by atoms with Crippen molar-refractivity contribution in [1.29, 1.82) is 0 Å². The molecule has 2 aromatic heterocycles. The molecule has 96 valence electrons. The topological polar surface area (TPSA) is 68.7 Å². The lowest BCUT2D eigenvalue weighted by Gasteiger charge is -2.26. The molecule has 2 aromatic rings. The van der Waals surface area contributed by atoms with Gasteiger partial charge >= 0.3 is 0 Å². The Balaban J connectivity index is 1.72. The highest BCUT2D eigenvalue weighted by molar-refractivity contribution is 5.63. The number of hydrogen-bond acceptors (Lipinski definition) is 5. The average molecular weight is 247 g/mol. The molecule has 0 amide bonds. The summed E-state index contributed by atoms with van der Waals surface area (Å²) in [6, 6.07) is 3.76. The third-order valence-corrected chi connectivity index (χ3v) is 3.29. The molecule has 3 rings (SSSR count). The Bertz CT molecular complexity index is 532. The number of nitrogens with zero attached hydrogens (tertiary/aromatic N) is 4. The summed E-state index contributed by atoms with van der Waals surface area (Å²) in [6.07, 6.45) is 2.84. The molecule has 0 unspecified atom stereocenters. The summed E-state index contributed by atoms with van der Waals surface area (Å²) in [6.45, 7) is 4.64. The number of rotatable bonds is 3. The molecule has 2 N–H and O–H groups in total. The Morgan fingerprint density at radius 3 is 2.94 bits per heavy atom. The van der Waals surface area contributed by atoms with E-state index >= 15 is 0 Å². The summed E-state index contributed by atoms with van der Waals surface area (Å²) in [4.78, 5) is 2.39. The molecule has 0 spiro atoms. The maximum Gasteiger partial charge on any atom is 0.183 e. The number of hydrogen-bond donors (Lipinski definition) is 1. The van der Waals surface area contributed by atoms with Crippen LogP contribution in [0.1, 0.15) is 5.82 Å². The highest BCUT2D eigenvalue weighted by Crippen LogP contribution is 2.12. The van der Waals surface area contributed by atoms with Gasteiger partial charge in [-0.05, 0) is 12.1 Å². The number of pyridine rings is 1. The fourth-order valence-electron chi connectivity index (χ4n) is 2.24. The van der Waals surface area contributed by atoms with Gasteiger partial charge in [0.2, 0.25) is 0 Å². The van der Waals surface area contributed by atoms with Gasteiger partial charge in [-0.3, -0.25) is 9.30 Å². The van der Waals surface area contributed by atoms with Crippen molar-refractivity contribution in [2.45, 2.75) is 6.42 Å². The van der Waals surface area contributed by atoms with Gasteiger partial charge in [-0.25, -0.2) is 0 Å². The lowest BCUT2D eigenvalue weighted by Crippen LogP contribution is -2.37. The second kappa shape index (κ2) is 4.91. The van der Waals surface area contributed by atoms with E-state index in [-0.39, 0.29) is 0 Å². The number of morpholine rings is 1. The molecule has 1 fully saturated rings. The first kappa shape index (κ1) is 11.4. The number of nitrogens with two attached hydrogens (primary N) is 1. The van der Waals surface area contributed by atoms with Crippen LogP contribution < -0.4 is 5.73 Å². The molecule has 0 bridgehead atoms. The van der Waals surface area contributed by atoms with Crippen LogP contribution in [0.3, 0.4) is 0 Å². The maximum absolute atomic E-state index is 5.86. The van der Waals surface area contributed by atoms with Crippen molar-refractivity contribution in [3.05, 3.63) is 24.2 Å². The maximum atomic E-state index is 5.86. The van der Waals surface area contributed by atoms with Crippen LogP contribution in [0.2, 0.25) is 0 Å². The Morgan fingerprint density at radius 1 is 1.28 bits per heavy atom. The van der Waals surface area contributed by atoms with Crippen molar-refractivity contribution in [3.8, 4) is 0 Å². The highest BCUT2D eigenvalue weighted by atomic mass is 16.5. The molecule has 0 saturated carbocycles. The van der Waals surface area contributed by atoms with Crippen molar-refractivity contribution >= 4 is 11.3 Å². The number of aromatic nitrogens is 3. The van der Waals surface area contributed by atoms with Gasteiger partial charge in [-0.2, -0.15) is 0 Å². The third-order valence-electron chi connectivity index (χ3n) is 3.29. The SMILES string of the molecule is Nc1cccn2c(CCN3CCOCC3)nnc12. The molecule has 3 heterocycles. The summed E-state index contributed by atoms with van der Waals surface area (Å²) in [5, 5.41) is 8.34. The Hall–Kier alpha value is -1.66. The van der Waals surface area contributed by atoms with Crippen molar-refractivity contribution in [2.75, 3.05) is 38.6 Å². The van der Waals surface area contributed by atoms with E-state index in [1.165, 1.54) is 0 Å². The molecule has 1 aliphatic rings. The van der Waals surface area contributed by atoms with Gasteiger partial charge in [-0.15, -0.1) is 10.2 Å². The summed E-state index contributed by atoms with van der Waals surface area (Å²) < 4.78 is 7.30. The van der Waals surface area contributed by atoms with Gasteiger partial charge in [0.25, 0.3) is 0 Å². The summed E-state index contributed by atoms with van der Waals surface area (Å²) in [7, 11) is 0. The van der Waals surface area contributed by atoms with E-state index in [1.54, 1.807) is 0 Å². The van der Waals surface area contributed by atoms with Crippen LogP contribution in [0.4, 0.5) is 5.69 Å². The average Bonchev–Trinajstić information content (AvgIpc) is 2.82. The summed E-state index contributed by atoms with van der Waals surface area (Å²) in [5.74, 6) is 0.962. The molecule has 0 radical (unpaired) electrons. The number of nitrogen functional groups attached to an aromatic ring is 1. The quantitative estimate of drug-likeness (QED) is 0.838. The normalized spacial score (nSPS) is 17.3. The van der Waals surface area contributed by atoms with Gasteiger partial charge in [0, 0.05) is 32.3 Å². The Kier molecular flexibility index (Phi) is 3.12. The highest BCUT2D eigenvalue weighted by Gasteiger charge is 2.12. The fourth-order valence-corrected chi connectivity index (χ4v) is 2.24. The van der Waals surface area contributed by atoms with Crippen LogP contribution in [0.15, 0.2) is 18.3 Å². The molecule has 18 heavy (non-hydrogen) atoms. The minimum Gasteiger partial charge on any atom is -0.396 e. The van der Waals surface area contributed by atoms with Crippen LogP contribution in [0.5, 0.6) is 0 Å². The second-order valence-corrected chi connectivity index (χ2v) is 4.48. The number of anilines is 1. The van der Waals surface area contributed by atoms with Gasteiger partial charge in [0.05, 0.1) is 18.9 Å². The largest absolute Gasteiger partial charge is 0.396 e. The van der Waals surface area contributed by atoms with E-state index in [0.29, 0.717) is 5.69 Å². The first-order valence-electron chi connectivity index (χ1n) is 6.23. The van der Waals surface area contributed by atoms with Crippen molar-refractivity contribution in [1.82, 2.24) is 19.5 Å². The number of ether oxygens (including phenoxy) is 1. The molecular weight excluding hydrogens is 230 g/mol. The fraction of sp³-hybridized carbons (Fsp3) is 0.500. The van der Waals surface area contributed by atoms with Gasteiger partial charge in [0.1, 0.15) is 5.82 Å².